The summed E-state index contributed by atoms with van der Waals surface area (Å²) in [5, 5.41) is 0. The van der Waals surface area contributed by atoms with Gasteiger partial charge in [-0.15, -0.1) is 0 Å². The molecule has 1 fully saturated rings. The van der Waals surface area contributed by atoms with Gasteiger partial charge in [0.05, 0.1) is 11.0 Å². The van der Waals surface area contributed by atoms with Crippen molar-refractivity contribution in [2.45, 2.75) is 25.8 Å². The standard InChI is InChI=1S/C19H18BrN3O/c1-2-22-17-6-4-3-5-16(17)21-19(22)13-11-18(24)23(12-13)15-9-7-14(20)8-10-15/h3-10,13H,2,11-12H2,1H3/t13-/m1/s1. The number of aromatic nitrogens is 2. The van der Waals surface area contributed by atoms with E-state index < -0.39 is 0 Å². The van der Waals surface area contributed by atoms with E-state index in [1.807, 2.05) is 47.4 Å². The highest BCUT2D eigenvalue weighted by atomic mass is 79.9. The summed E-state index contributed by atoms with van der Waals surface area (Å²) in [6, 6.07) is 16.1. The van der Waals surface area contributed by atoms with Crippen LogP contribution in [0.2, 0.25) is 0 Å². The van der Waals surface area contributed by atoms with E-state index in [9.17, 15) is 4.79 Å². The van der Waals surface area contributed by atoms with E-state index in [4.69, 9.17) is 4.98 Å². The number of nitrogens with zero attached hydrogens (tertiary/aromatic N) is 3. The normalized spacial score (nSPS) is 17.8. The maximum absolute atomic E-state index is 12.5. The van der Waals surface area contributed by atoms with E-state index in [-0.39, 0.29) is 11.8 Å². The van der Waals surface area contributed by atoms with Crippen molar-refractivity contribution >= 4 is 38.6 Å². The fourth-order valence-corrected chi connectivity index (χ4v) is 3.75. The van der Waals surface area contributed by atoms with Crippen LogP contribution in [0.15, 0.2) is 53.0 Å². The van der Waals surface area contributed by atoms with Crippen LogP contribution in [0.25, 0.3) is 11.0 Å². The number of para-hydroxylation sites is 2. The van der Waals surface area contributed by atoms with Gasteiger partial charge in [0.2, 0.25) is 5.91 Å². The highest BCUT2D eigenvalue weighted by Gasteiger charge is 2.34. The first kappa shape index (κ1) is 15.4. The van der Waals surface area contributed by atoms with Crippen molar-refractivity contribution in [2.75, 3.05) is 11.4 Å². The van der Waals surface area contributed by atoms with Crippen LogP contribution in [-0.2, 0) is 11.3 Å². The fraction of sp³-hybridized carbons (Fsp3) is 0.263. The summed E-state index contributed by atoms with van der Waals surface area (Å²) in [6.45, 7) is 3.67. The van der Waals surface area contributed by atoms with Crippen molar-refractivity contribution < 1.29 is 4.79 Å². The lowest BCUT2D eigenvalue weighted by Gasteiger charge is -2.17. The lowest BCUT2D eigenvalue weighted by molar-refractivity contribution is -0.117. The molecule has 4 rings (SSSR count). The van der Waals surface area contributed by atoms with Crippen LogP contribution in [0.1, 0.15) is 25.1 Å². The van der Waals surface area contributed by atoms with Gasteiger partial charge in [0.1, 0.15) is 5.82 Å². The molecule has 0 unspecified atom stereocenters. The molecular weight excluding hydrogens is 366 g/mol. The van der Waals surface area contributed by atoms with Gasteiger partial charge in [-0.25, -0.2) is 4.98 Å². The van der Waals surface area contributed by atoms with Crippen molar-refractivity contribution in [2.24, 2.45) is 0 Å². The van der Waals surface area contributed by atoms with E-state index in [1.165, 1.54) is 0 Å². The van der Waals surface area contributed by atoms with Gasteiger partial charge in [-0.1, -0.05) is 28.1 Å². The molecule has 0 saturated carbocycles. The molecular formula is C19H18BrN3O. The van der Waals surface area contributed by atoms with Crippen LogP contribution < -0.4 is 4.90 Å². The molecule has 1 amide bonds. The van der Waals surface area contributed by atoms with Crippen molar-refractivity contribution in [1.82, 2.24) is 9.55 Å². The summed E-state index contributed by atoms with van der Waals surface area (Å²) < 4.78 is 3.25. The minimum Gasteiger partial charge on any atom is -0.328 e. The predicted octanol–water partition coefficient (Wildman–Crippen LogP) is 4.34. The Morgan fingerprint density at radius 3 is 2.67 bits per heavy atom. The molecule has 4 nitrogen and oxygen atoms in total. The van der Waals surface area contributed by atoms with Gasteiger partial charge in [0, 0.05) is 35.6 Å². The third-order valence-corrected chi connectivity index (χ3v) is 5.16. The lowest BCUT2D eigenvalue weighted by atomic mass is 10.1. The van der Waals surface area contributed by atoms with Crippen molar-refractivity contribution in [3.8, 4) is 0 Å². The molecule has 2 heterocycles. The van der Waals surface area contributed by atoms with Gasteiger partial charge >= 0.3 is 0 Å². The zero-order valence-electron chi connectivity index (χ0n) is 13.4. The van der Waals surface area contributed by atoms with Crippen molar-refractivity contribution in [3.05, 3.63) is 58.8 Å². The van der Waals surface area contributed by atoms with Crippen LogP contribution in [0.4, 0.5) is 5.69 Å². The number of hydrogen-bond acceptors (Lipinski definition) is 2. The molecule has 1 aliphatic heterocycles. The van der Waals surface area contributed by atoms with Crippen LogP contribution in [-0.4, -0.2) is 22.0 Å². The quantitative estimate of drug-likeness (QED) is 0.674. The largest absolute Gasteiger partial charge is 0.328 e. The predicted molar refractivity (Wildman–Crippen MR) is 99.3 cm³/mol. The molecule has 0 spiro atoms. The Labute approximate surface area is 149 Å². The molecule has 3 aromatic rings. The number of benzene rings is 2. The number of aryl methyl sites for hydroxylation is 1. The van der Waals surface area contributed by atoms with E-state index in [0.29, 0.717) is 13.0 Å². The summed E-state index contributed by atoms with van der Waals surface area (Å²) in [5.41, 5.74) is 3.10. The molecule has 24 heavy (non-hydrogen) atoms. The van der Waals surface area contributed by atoms with Crippen molar-refractivity contribution in [3.63, 3.8) is 0 Å². The van der Waals surface area contributed by atoms with Gasteiger partial charge < -0.3 is 9.47 Å². The summed E-state index contributed by atoms with van der Waals surface area (Å²) in [6.07, 6.45) is 0.513. The molecule has 0 aliphatic carbocycles. The van der Waals surface area contributed by atoms with E-state index in [0.717, 1.165) is 33.6 Å². The van der Waals surface area contributed by atoms with Gasteiger partial charge in [-0.2, -0.15) is 0 Å². The first-order chi connectivity index (χ1) is 11.7. The second-order valence-electron chi connectivity index (χ2n) is 6.08. The van der Waals surface area contributed by atoms with E-state index >= 15 is 0 Å². The number of carbonyl (C=O) groups excluding carboxylic acids is 1. The maximum Gasteiger partial charge on any atom is 0.227 e. The average Bonchev–Trinajstić information content (AvgIpc) is 3.16. The molecule has 1 aromatic heterocycles. The van der Waals surface area contributed by atoms with Crippen LogP contribution >= 0.6 is 15.9 Å². The van der Waals surface area contributed by atoms with Gasteiger partial charge in [0.25, 0.3) is 0 Å². The Hall–Kier alpha value is -2.14. The number of anilines is 1. The summed E-state index contributed by atoms with van der Waals surface area (Å²) >= 11 is 3.44. The molecule has 0 radical (unpaired) electrons. The number of rotatable bonds is 3. The lowest BCUT2D eigenvalue weighted by Crippen LogP contribution is -2.24. The Morgan fingerprint density at radius 1 is 1.17 bits per heavy atom. The Morgan fingerprint density at radius 2 is 1.92 bits per heavy atom. The van der Waals surface area contributed by atoms with E-state index in [2.05, 4.69) is 33.5 Å². The zero-order valence-corrected chi connectivity index (χ0v) is 15.0. The topological polar surface area (TPSA) is 38.1 Å². The van der Waals surface area contributed by atoms with Gasteiger partial charge in [-0.05, 0) is 43.3 Å². The third kappa shape index (κ3) is 2.53. The van der Waals surface area contributed by atoms with Crippen LogP contribution in [0, 0.1) is 0 Å². The molecule has 122 valence electrons. The Balaban J connectivity index is 1.69. The second-order valence-corrected chi connectivity index (χ2v) is 7.00. The molecule has 0 bridgehead atoms. The fourth-order valence-electron chi connectivity index (χ4n) is 3.49. The zero-order chi connectivity index (χ0) is 16.7. The summed E-state index contributed by atoms with van der Waals surface area (Å²) in [5.74, 6) is 1.32. The number of halogens is 1. The molecule has 1 atom stereocenters. The first-order valence-electron chi connectivity index (χ1n) is 8.18. The monoisotopic (exact) mass is 383 g/mol. The van der Waals surface area contributed by atoms with Crippen molar-refractivity contribution in [1.29, 1.82) is 0 Å². The summed E-state index contributed by atoms with van der Waals surface area (Å²) in [4.78, 5) is 19.2. The first-order valence-corrected chi connectivity index (χ1v) is 8.97. The SMILES string of the molecule is CCn1c([C@@H]2CC(=O)N(c3ccc(Br)cc3)C2)nc2ccccc21. The summed E-state index contributed by atoms with van der Waals surface area (Å²) in [7, 11) is 0. The number of carbonyl (C=O) groups is 1. The Bertz CT molecular complexity index is 901. The number of amides is 1. The molecule has 0 N–H and O–H groups in total. The van der Waals surface area contributed by atoms with Crippen LogP contribution in [0.5, 0.6) is 0 Å². The number of hydrogen-bond donors (Lipinski definition) is 0. The van der Waals surface area contributed by atoms with E-state index in [1.54, 1.807) is 0 Å². The number of fused-ring (bicyclic) bond motifs is 1. The molecule has 1 aliphatic rings. The highest BCUT2D eigenvalue weighted by molar-refractivity contribution is 9.10. The average molecular weight is 384 g/mol. The molecule has 2 aromatic carbocycles. The third-order valence-electron chi connectivity index (χ3n) is 4.63. The Kier molecular flexibility index (Phi) is 3.88. The molecule has 1 saturated heterocycles. The van der Waals surface area contributed by atoms with Gasteiger partial charge in [0.15, 0.2) is 0 Å². The maximum atomic E-state index is 12.5. The molecule has 5 heteroatoms. The number of imidazole rings is 1. The van der Waals surface area contributed by atoms with Gasteiger partial charge in [-0.3, -0.25) is 4.79 Å². The minimum absolute atomic E-state index is 0.133. The highest BCUT2D eigenvalue weighted by Crippen LogP contribution is 2.33. The minimum atomic E-state index is 0.133. The van der Waals surface area contributed by atoms with Crippen LogP contribution in [0.3, 0.4) is 0 Å². The smallest absolute Gasteiger partial charge is 0.227 e. The second kappa shape index (κ2) is 6.06.